The highest BCUT2D eigenvalue weighted by Gasteiger charge is 2.33. The van der Waals surface area contributed by atoms with E-state index in [1.165, 1.54) is 13.0 Å². The molecule has 0 aliphatic carbocycles. The van der Waals surface area contributed by atoms with Crippen molar-refractivity contribution in [3.8, 4) is 0 Å². The Labute approximate surface area is 107 Å². The van der Waals surface area contributed by atoms with Crippen molar-refractivity contribution in [1.82, 2.24) is 10.2 Å². The molecule has 0 saturated carbocycles. The van der Waals surface area contributed by atoms with Crippen molar-refractivity contribution in [2.75, 3.05) is 19.7 Å². The molecule has 0 aromatic heterocycles. The quantitative estimate of drug-likeness (QED) is 0.746. The normalized spacial score (nSPS) is 31.4. The first kappa shape index (κ1) is 14.9. The number of likely N-dealkylation sites (N-methyl/N-ethyl adjacent to an activating group) is 1. The van der Waals surface area contributed by atoms with Crippen molar-refractivity contribution in [2.45, 2.75) is 65.1 Å². The molecule has 1 heterocycles. The van der Waals surface area contributed by atoms with Crippen LogP contribution in [0.15, 0.2) is 0 Å². The van der Waals surface area contributed by atoms with Crippen LogP contribution in [-0.2, 0) is 0 Å². The van der Waals surface area contributed by atoms with Crippen LogP contribution >= 0.6 is 0 Å². The highest BCUT2D eigenvalue weighted by atomic mass is 16.3. The van der Waals surface area contributed by atoms with Crippen LogP contribution in [0.1, 0.15) is 47.5 Å². The van der Waals surface area contributed by atoms with Crippen molar-refractivity contribution in [1.29, 1.82) is 0 Å². The van der Waals surface area contributed by atoms with Crippen LogP contribution in [0.3, 0.4) is 0 Å². The van der Waals surface area contributed by atoms with Crippen LogP contribution in [0.5, 0.6) is 0 Å². The first-order valence-electron chi connectivity index (χ1n) is 7.03. The first-order valence-corrected chi connectivity index (χ1v) is 7.03. The van der Waals surface area contributed by atoms with E-state index >= 15 is 0 Å². The van der Waals surface area contributed by atoms with Crippen molar-refractivity contribution >= 4 is 0 Å². The van der Waals surface area contributed by atoms with E-state index < -0.39 is 0 Å². The molecule has 1 rings (SSSR count). The first-order chi connectivity index (χ1) is 7.91. The molecule has 0 aromatic rings. The summed E-state index contributed by atoms with van der Waals surface area (Å²) in [4.78, 5) is 2.59. The molecule has 0 amide bonds. The van der Waals surface area contributed by atoms with Crippen LogP contribution in [0.25, 0.3) is 0 Å². The van der Waals surface area contributed by atoms with Gasteiger partial charge in [0.25, 0.3) is 0 Å². The van der Waals surface area contributed by atoms with Gasteiger partial charge in [0.1, 0.15) is 0 Å². The summed E-state index contributed by atoms with van der Waals surface area (Å²) in [5.74, 6) is 0.812. The van der Waals surface area contributed by atoms with Crippen LogP contribution in [-0.4, -0.2) is 47.3 Å². The average Bonchev–Trinajstić information content (AvgIpc) is 2.58. The molecule has 102 valence electrons. The maximum absolute atomic E-state index is 9.54. The summed E-state index contributed by atoms with van der Waals surface area (Å²) in [7, 11) is 0. The zero-order valence-electron chi connectivity index (χ0n) is 12.2. The Morgan fingerprint density at radius 3 is 2.53 bits per heavy atom. The number of likely N-dealkylation sites (tertiary alicyclic amines) is 1. The number of hydrogen-bond acceptors (Lipinski definition) is 3. The molecule has 1 aliphatic rings. The second-order valence-electron chi connectivity index (χ2n) is 6.19. The van der Waals surface area contributed by atoms with E-state index in [0.29, 0.717) is 12.1 Å². The number of rotatable bonds is 6. The Morgan fingerprint density at radius 2 is 2.12 bits per heavy atom. The van der Waals surface area contributed by atoms with Gasteiger partial charge in [-0.2, -0.15) is 0 Å². The molecule has 0 spiro atoms. The summed E-state index contributed by atoms with van der Waals surface area (Å²) in [5.41, 5.74) is -0.139. The van der Waals surface area contributed by atoms with Gasteiger partial charge in [-0.15, -0.1) is 0 Å². The molecule has 1 saturated heterocycles. The third kappa shape index (κ3) is 3.94. The summed E-state index contributed by atoms with van der Waals surface area (Å²) < 4.78 is 0. The topological polar surface area (TPSA) is 35.5 Å². The van der Waals surface area contributed by atoms with Crippen LogP contribution in [0.2, 0.25) is 0 Å². The number of nitrogens with zero attached hydrogens (tertiary/aromatic N) is 1. The van der Waals surface area contributed by atoms with E-state index in [-0.39, 0.29) is 12.1 Å². The third-order valence-electron chi connectivity index (χ3n) is 4.10. The molecule has 2 N–H and O–H groups in total. The van der Waals surface area contributed by atoms with E-state index in [0.717, 1.165) is 18.9 Å². The van der Waals surface area contributed by atoms with Gasteiger partial charge in [0.05, 0.1) is 6.61 Å². The SMILES string of the molecule is CCNC(C)(CO)CC(C)N1CC(C)CC1C. The Morgan fingerprint density at radius 1 is 1.47 bits per heavy atom. The fourth-order valence-corrected chi connectivity index (χ4v) is 3.34. The van der Waals surface area contributed by atoms with Crippen molar-refractivity contribution in [3.63, 3.8) is 0 Å². The lowest BCUT2D eigenvalue weighted by Gasteiger charge is -2.36. The predicted molar refractivity (Wildman–Crippen MR) is 73.2 cm³/mol. The standard InChI is InChI=1S/C14H30N2O/c1-6-15-14(5,10-17)8-13(4)16-9-11(2)7-12(16)3/h11-13,15,17H,6-10H2,1-5H3. The Kier molecular flexibility index (Phi) is 5.42. The largest absolute Gasteiger partial charge is 0.394 e. The summed E-state index contributed by atoms with van der Waals surface area (Å²) >= 11 is 0. The van der Waals surface area contributed by atoms with Gasteiger partial charge in [0, 0.05) is 24.2 Å². The van der Waals surface area contributed by atoms with E-state index in [2.05, 4.69) is 44.8 Å². The van der Waals surface area contributed by atoms with Crippen molar-refractivity contribution in [2.24, 2.45) is 5.92 Å². The Bertz CT molecular complexity index is 234. The van der Waals surface area contributed by atoms with Crippen molar-refractivity contribution in [3.05, 3.63) is 0 Å². The third-order valence-corrected chi connectivity index (χ3v) is 4.10. The van der Waals surface area contributed by atoms with E-state index in [1.807, 2.05) is 0 Å². The van der Waals surface area contributed by atoms with Gasteiger partial charge in [-0.1, -0.05) is 13.8 Å². The Hall–Kier alpha value is -0.120. The van der Waals surface area contributed by atoms with E-state index in [9.17, 15) is 5.11 Å². The lowest BCUT2D eigenvalue weighted by atomic mass is 9.93. The number of aliphatic hydroxyl groups excluding tert-OH is 1. The van der Waals surface area contributed by atoms with Gasteiger partial charge < -0.3 is 10.4 Å². The van der Waals surface area contributed by atoms with Crippen LogP contribution in [0, 0.1) is 5.92 Å². The monoisotopic (exact) mass is 242 g/mol. The summed E-state index contributed by atoms with van der Waals surface area (Å²) in [6, 6.07) is 1.22. The predicted octanol–water partition coefficient (Wildman–Crippen LogP) is 1.86. The Balaban J connectivity index is 2.55. The minimum atomic E-state index is -0.139. The van der Waals surface area contributed by atoms with Crippen LogP contribution in [0.4, 0.5) is 0 Å². The van der Waals surface area contributed by atoms with Crippen molar-refractivity contribution < 1.29 is 5.11 Å². The highest BCUT2D eigenvalue weighted by molar-refractivity contribution is 4.91. The van der Waals surface area contributed by atoms with Gasteiger partial charge in [0.2, 0.25) is 0 Å². The maximum Gasteiger partial charge on any atom is 0.0611 e. The number of nitrogens with one attached hydrogen (secondary N) is 1. The van der Waals surface area contributed by atoms with Gasteiger partial charge in [-0.05, 0) is 46.1 Å². The minimum absolute atomic E-state index is 0.139. The summed E-state index contributed by atoms with van der Waals surface area (Å²) in [6.07, 6.45) is 2.32. The van der Waals surface area contributed by atoms with Gasteiger partial charge >= 0.3 is 0 Å². The zero-order valence-corrected chi connectivity index (χ0v) is 12.2. The summed E-state index contributed by atoms with van der Waals surface area (Å²) in [6.45, 7) is 13.5. The van der Waals surface area contributed by atoms with E-state index in [1.54, 1.807) is 0 Å². The second-order valence-corrected chi connectivity index (χ2v) is 6.19. The molecule has 0 aromatic carbocycles. The molecular weight excluding hydrogens is 212 g/mol. The molecule has 1 aliphatic heterocycles. The number of aliphatic hydroxyl groups is 1. The number of hydrogen-bond donors (Lipinski definition) is 2. The molecule has 0 bridgehead atoms. The van der Waals surface area contributed by atoms with Gasteiger partial charge in [-0.3, -0.25) is 4.90 Å². The zero-order chi connectivity index (χ0) is 13.1. The molecule has 3 heteroatoms. The lowest BCUT2D eigenvalue weighted by molar-refractivity contribution is 0.111. The fourth-order valence-electron chi connectivity index (χ4n) is 3.34. The molecule has 1 fully saturated rings. The molecule has 3 nitrogen and oxygen atoms in total. The molecule has 4 unspecified atom stereocenters. The van der Waals surface area contributed by atoms with Crippen LogP contribution < -0.4 is 5.32 Å². The minimum Gasteiger partial charge on any atom is -0.394 e. The van der Waals surface area contributed by atoms with Gasteiger partial charge in [0.15, 0.2) is 0 Å². The smallest absolute Gasteiger partial charge is 0.0611 e. The van der Waals surface area contributed by atoms with Gasteiger partial charge in [-0.25, -0.2) is 0 Å². The molecule has 0 radical (unpaired) electrons. The average molecular weight is 242 g/mol. The fraction of sp³-hybridized carbons (Fsp3) is 1.00. The molecule has 17 heavy (non-hydrogen) atoms. The summed E-state index contributed by atoms with van der Waals surface area (Å²) in [5, 5.41) is 13.0. The highest BCUT2D eigenvalue weighted by Crippen LogP contribution is 2.27. The van der Waals surface area contributed by atoms with E-state index in [4.69, 9.17) is 0 Å². The molecule has 4 atom stereocenters. The molecular formula is C14H30N2O. The second kappa shape index (κ2) is 6.17. The lowest BCUT2D eigenvalue weighted by Crippen LogP contribution is -2.51. The maximum atomic E-state index is 9.54.